The summed E-state index contributed by atoms with van der Waals surface area (Å²) in [5.41, 5.74) is -1.62. The third-order valence-electron chi connectivity index (χ3n) is 8.18. The standard InChI is InChI=1S/C40H50O9/c1-37(2,3)34(42)47-30-29(46-33(41)32(49-36(44)39(7,8)9)31(30)48-35(43)38(4,5)6)25-45-40(26-19-13-10-14-20-26,27-21-15-11-16-22-27)28-23-17-12-18-24-28/h10-24,29-33,41H,25H2,1-9H3/t29-,30+,31+,32-,33?/m1/s1. The predicted octanol–water partition coefficient (Wildman–Crippen LogP) is 6.59. The fraction of sp³-hybridized carbons (Fsp3) is 0.475. The van der Waals surface area contributed by atoms with Crippen molar-refractivity contribution in [2.45, 2.75) is 98.6 Å². The Morgan fingerprint density at radius 1 is 0.551 bits per heavy atom. The van der Waals surface area contributed by atoms with Crippen LogP contribution >= 0.6 is 0 Å². The number of hydrogen-bond donors (Lipinski definition) is 1. The first kappa shape index (κ1) is 37.8. The van der Waals surface area contributed by atoms with Gasteiger partial charge in [0.1, 0.15) is 11.7 Å². The van der Waals surface area contributed by atoms with E-state index in [4.69, 9.17) is 23.7 Å². The van der Waals surface area contributed by atoms with Gasteiger partial charge in [-0.3, -0.25) is 14.4 Å². The molecule has 49 heavy (non-hydrogen) atoms. The van der Waals surface area contributed by atoms with E-state index in [-0.39, 0.29) is 6.61 Å². The van der Waals surface area contributed by atoms with E-state index < -0.39 is 70.5 Å². The van der Waals surface area contributed by atoms with Gasteiger partial charge in [-0.1, -0.05) is 91.0 Å². The van der Waals surface area contributed by atoms with E-state index in [1.54, 1.807) is 62.3 Å². The minimum absolute atomic E-state index is 0.235. The van der Waals surface area contributed by atoms with E-state index in [0.717, 1.165) is 16.7 Å². The molecule has 0 saturated carbocycles. The molecule has 9 nitrogen and oxygen atoms in total. The van der Waals surface area contributed by atoms with E-state index in [1.807, 2.05) is 91.0 Å². The highest BCUT2D eigenvalue weighted by Crippen LogP contribution is 2.42. The van der Waals surface area contributed by atoms with Gasteiger partial charge in [-0.2, -0.15) is 0 Å². The zero-order valence-corrected chi connectivity index (χ0v) is 30.0. The average Bonchev–Trinajstić information content (AvgIpc) is 3.04. The van der Waals surface area contributed by atoms with Crippen molar-refractivity contribution in [3.05, 3.63) is 108 Å². The third-order valence-corrected chi connectivity index (χ3v) is 8.18. The van der Waals surface area contributed by atoms with Gasteiger partial charge in [0.05, 0.1) is 22.9 Å². The van der Waals surface area contributed by atoms with Crippen LogP contribution in [0.1, 0.15) is 79.0 Å². The number of aliphatic hydroxyl groups excluding tert-OH is 1. The molecule has 1 aliphatic heterocycles. The van der Waals surface area contributed by atoms with Crippen molar-refractivity contribution < 1.29 is 43.2 Å². The van der Waals surface area contributed by atoms with Gasteiger partial charge >= 0.3 is 17.9 Å². The molecule has 0 spiro atoms. The number of aliphatic hydroxyl groups is 1. The highest BCUT2D eigenvalue weighted by molar-refractivity contribution is 5.77. The molecule has 1 unspecified atom stereocenters. The maximum Gasteiger partial charge on any atom is 0.311 e. The first-order valence-electron chi connectivity index (χ1n) is 16.6. The van der Waals surface area contributed by atoms with E-state index in [2.05, 4.69) is 0 Å². The van der Waals surface area contributed by atoms with Crippen LogP contribution in [0, 0.1) is 16.2 Å². The summed E-state index contributed by atoms with van der Waals surface area (Å²) in [6.07, 6.45) is -7.18. The van der Waals surface area contributed by atoms with Crippen LogP contribution in [0.4, 0.5) is 0 Å². The number of rotatable bonds is 9. The van der Waals surface area contributed by atoms with Gasteiger partial charge in [0.2, 0.25) is 0 Å². The number of benzene rings is 3. The summed E-state index contributed by atoms with van der Waals surface area (Å²) in [6.45, 7) is 14.8. The van der Waals surface area contributed by atoms with Gasteiger partial charge in [-0.15, -0.1) is 0 Å². The minimum atomic E-state index is -1.75. The first-order chi connectivity index (χ1) is 22.9. The number of carbonyl (C=O) groups is 3. The lowest BCUT2D eigenvalue weighted by Gasteiger charge is -2.45. The summed E-state index contributed by atoms with van der Waals surface area (Å²) in [5, 5.41) is 11.4. The Balaban J connectivity index is 1.85. The second-order valence-electron chi connectivity index (χ2n) is 15.5. The van der Waals surface area contributed by atoms with Crippen molar-refractivity contribution in [2.75, 3.05) is 6.61 Å². The topological polar surface area (TPSA) is 118 Å². The largest absolute Gasteiger partial charge is 0.455 e. The van der Waals surface area contributed by atoms with Crippen LogP contribution in [0.15, 0.2) is 91.0 Å². The number of carbonyl (C=O) groups excluding carboxylic acids is 3. The van der Waals surface area contributed by atoms with Crippen molar-refractivity contribution in [2.24, 2.45) is 16.2 Å². The molecule has 1 heterocycles. The van der Waals surface area contributed by atoms with Crippen molar-refractivity contribution >= 4 is 17.9 Å². The van der Waals surface area contributed by atoms with Gasteiger partial charge in [-0.25, -0.2) is 0 Å². The van der Waals surface area contributed by atoms with Gasteiger partial charge in [0, 0.05) is 0 Å². The summed E-state index contributed by atoms with van der Waals surface area (Å²) in [6, 6.07) is 29.0. The molecule has 9 heteroatoms. The molecule has 5 atom stereocenters. The lowest BCUT2D eigenvalue weighted by atomic mass is 9.80. The predicted molar refractivity (Wildman–Crippen MR) is 184 cm³/mol. The Bertz CT molecular complexity index is 1450. The number of esters is 3. The average molecular weight is 675 g/mol. The quantitative estimate of drug-likeness (QED) is 0.153. The fourth-order valence-electron chi connectivity index (χ4n) is 5.31. The molecule has 0 aliphatic carbocycles. The Labute approximate surface area is 289 Å². The molecule has 0 amide bonds. The van der Waals surface area contributed by atoms with Crippen LogP contribution in [-0.4, -0.2) is 60.3 Å². The Morgan fingerprint density at radius 3 is 1.22 bits per heavy atom. The third kappa shape index (κ3) is 8.76. The SMILES string of the molecule is CC(C)(C)C(=O)O[C@@H]1[C@H](OC(=O)C(C)(C)C)[C@@H](OC(=O)C(C)(C)C)C(O)O[C@@H]1COC(c1ccccc1)(c1ccccc1)c1ccccc1. The van der Waals surface area contributed by atoms with Gasteiger partial charge < -0.3 is 28.8 Å². The second-order valence-corrected chi connectivity index (χ2v) is 15.5. The molecular weight excluding hydrogens is 624 g/mol. The summed E-state index contributed by atoms with van der Waals surface area (Å²) in [7, 11) is 0. The van der Waals surface area contributed by atoms with Crippen molar-refractivity contribution in [1.82, 2.24) is 0 Å². The summed E-state index contributed by atoms with van der Waals surface area (Å²) in [5.74, 6) is -1.92. The van der Waals surface area contributed by atoms with Crippen LogP contribution in [-0.2, 0) is 43.7 Å². The maximum absolute atomic E-state index is 13.5. The van der Waals surface area contributed by atoms with E-state index in [0.29, 0.717) is 0 Å². The molecule has 4 rings (SSSR count). The first-order valence-corrected chi connectivity index (χ1v) is 16.6. The molecule has 3 aromatic rings. The zero-order chi connectivity index (χ0) is 36.2. The molecule has 0 radical (unpaired) electrons. The Kier molecular flexibility index (Phi) is 11.4. The normalized spacial score (nSPS) is 21.8. The van der Waals surface area contributed by atoms with Crippen LogP contribution in [0.2, 0.25) is 0 Å². The summed E-state index contributed by atoms with van der Waals surface area (Å²) >= 11 is 0. The van der Waals surface area contributed by atoms with Crippen LogP contribution in [0.3, 0.4) is 0 Å². The van der Waals surface area contributed by atoms with Crippen LogP contribution in [0.5, 0.6) is 0 Å². The van der Waals surface area contributed by atoms with Crippen molar-refractivity contribution in [3.8, 4) is 0 Å². The monoisotopic (exact) mass is 674 g/mol. The molecule has 1 aliphatic rings. The highest BCUT2D eigenvalue weighted by Gasteiger charge is 2.54. The lowest BCUT2D eigenvalue weighted by molar-refractivity contribution is -0.303. The molecule has 1 N–H and O–H groups in total. The van der Waals surface area contributed by atoms with E-state index >= 15 is 0 Å². The lowest BCUT2D eigenvalue weighted by Crippen LogP contribution is -2.63. The summed E-state index contributed by atoms with van der Waals surface area (Å²) in [4.78, 5) is 40.1. The molecule has 1 saturated heterocycles. The Morgan fingerprint density at radius 2 is 0.878 bits per heavy atom. The van der Waals surface area contributed by atoms with Crippen LogP contribution in [0.25, 0.3) is 0 Å². The molecule has 3 aromatic carbocycles. The number of ether oxygens (including phenoxy) is 5. The smallest absolute Gasteiger partial charge is 0.311 e. The highest BCUT2D eigenvalue weighted by atomic mass is 16.7. The molecular formula is C40H50O9. The zero-order valence-electron chi connectivity index (χ0n) is 30.0. The maximum atomic E-state index is 13.5. The Hall–Kier alpha value is -4.05. The van der Waals surface area contributed by atoms with Crippen LogP contribution < -0.4 is 0 Å². The van der Waals surface area contributed by atoms with Crippen molar-refractivity contribution in [3.63, 3.8) is 0 Å². The minimum Gasteiger partial charge on any atom is -0.455 e. The van der Waals surface area contributed by atoms with E-state index in [9.17, 15) is 19.5 Å². The van der Waals surface area contributed by atoms with E-state index in [1.165, 1.54) is 0 Å². The fourth-order valence-corrected chi connectivity index (χ4v) is 5.31. The van der Waals surface area contributed by atoms with Gasteiger partial charge in [0.15, 0.2) is 24.6 Å². The van der Waals surface area contributed by atoms with Gasteiger partial charge in [-0.05, 0) is 79.0 Å². The van der Waals surface area contributed by atoms with Gasteiger partial charge in [0.25, 0.3) is 0 Å². The molecule has 264 valence electrons. The molecule has 1 fully saturated rings. The number of hydrogen-bond acceptors (Lipinski definition) is 9. The second kappa shape index (κ2) is 14.8. The summed E-state index contributed by atoms with van der Waals surface area (Å²) < 4.78 is 31.0. The molecule has 0 bridgehead atoms. The van der Waals surface area contributed by atoms with Crippen molar-refractivity contribution in [1.29, 1.82) is 0 Å². The molecule has 0 aromatic heterocycles.